The first kappa shape index (κ1) is 11.3. The molecule has 0 bridgehead atoms. The molecule has 0 saturated carbocycles. The lowest BCUT2D eigenvalue weighted by Crippen LogP contribution is -2.02. The molecule has 2 nitrogen and oxygen atoms in total. The van der Waals surface area contributed by atoms with Crippen molar-refractivity contribution < 1.29 is 13.2 Å². The Morgan fingerprint density at radius 1 is 1.11 bits per heavy atom. The highest BCUT2D eigenvalue weighted by molar-refractivity contribution is 9.10. The van der Waals surface area contributed by atoms with Gasteiger partial charge in [-0.1, -0.05) is 18.2 Å². The highest BCUT2D eigenvalue weighted by Gasteiger charge is 2.17. The molecule has 0 fully saturated rings. The topological polar surface area (TPSA) is 30.2 Å². The summed E-state index contributed by atoms with van der Waals surface area (Å²) in [6, 6.07) is 7.66. The Bertz CT molecular complexity index is 840. The van der Waals surface area contributed by atoms with Crippen LogP contribution < -0.4 is 5.63 Å². The van der Waals surface area contributed by atoms with Crippen molar-refractivity contribution in [2.24, 2.45) is 0 Å². The maximum absolute atomic E-state index is 13.7. The minimum atomic E-state index is -1.16. The predicted octanol–water partition coefficient (Wildman–Crippen LogP) is 3.99. The Labute approximate surface area is 108 Å². The first-order valence-corrected chi connectivity index (χ1v) is 5.88. The third-order valence-electron chi connectivity index (χ3n) is 2.74. The van der Waals surface area contributed by atoms with Crippen molar-refractivity contribution in [2.45, 2.75) is 0 Å². The van der Waals surface area contributed by atoms with Gasteiger partial charge < -0.3 is 4.42 Å². The Morgan fingerprint density at radius 3 is 2.50 bits per heavy atom. The molecule has 1 heterocycles. The van der Waals surface area contributed by atoms with Crippen LogP contribution in [0, 0.1) is 11.6 Å². The van der Waals surface area contributed by atoms with Crippen LogP contribution in [0.2, 0.25) is 0 Å². The molecular formula is C13H5BrF2O2. The van der Waals surface area contributed by atoms with Crippen molar-refractivity contribution >= 4 is 37.7 Å². The molecule has 0 amide bonds. The van der Waals surface area contributed by atoms with Crippen LogP contribution in [0.15, 0.2) is 44.0 Å². The van der Waals surface area contributed by atoms with Gasteiger partial charge in [-0.15, -0.1) is 0 Å². The second-order valence-electron chi connectivity index (χ2n) is 3.79. The quantitative estimate of drug-likeness (QED) is 0.357. The lowest BCUT2D eigenvalue weighted by Gasteiger charge is -2.05. The van der Waals surface area contributed by atoms with Gasteiger partial charge in [0.15, 0.2) is 11.4 Å². The molecule has 0 N–H and O–H groups in total. The summed E-state index contributed by atoms with van der Waals surface area (Å²) < 4.78 is 32.1. The summed E-state index contributed by atoms with van der Waals surface area (Å²) >= 11 is 3.16. The lowest BCUT2D eigenvalue weighted by atomic mass is 10.1. The first-order chi connectivity index (χ1) is 8.59. The molecule has 1 aromatic heterocycles. The van der Waals surface area contributed by atoms with E-state index >= 15 is 0 Å². The van der Waals surface area contributed by atoms with Gasteiger partial charge in [-0.05, 0) is 28.1 Å². The van der Waals surface area contributed by atoms with Gasteiger partial charge in [-0.3, -0.25) is 0 Å². The third kappa shape index (κ3) is 1.47. The van der Waals surface area contributed by atoms with Crippen LogP contribution in [0.1, 0.15) is 0 Å². The van der Waals surface area contributed by atoms with Gasteiger partial charge in [-0.25, -0.2) is 9.18 Å². The number of fused-ring (bicyclic) bond motifs is 3. The van der Waals surface area contributed by atoms with Gasteiger partial charge in [0.05, 0.1) is 5.39 Å². The molecule has 90 valence electrons. The number of benzene rings is 2. The Kier molecular flexibility index (Phi) is 2.45. The van der Waals surface area contributed by atoms with Gasteiger partial charge in [-0.2, -0.15) is 4.39 Å². The molecule has 3 rings (SSSR count). The van der Waals surface area contributed by atoms with Crippen LogP contribution in [-0.4, -0.2) is 0 Å². The van der Waals surface area contributed by atoms with Crippen LogP contribution in [0.5, 0.6) is 0 Å². The molecule has 2 aromatic carbocycles. The monoisotopic (exact) mass is 310 g/mol. The van der Waals surface area contributed by atoms with Crippen LogP contribution >= 0.6 is 15.9 Å². The molecular weight excluding hydrogens is 306 g/mol. The van der Waals surface area contributed by atoms with Gasteiger partial charge in [0.1, 0.15) is 0 Å². The van der Waals surface area contributed by atoms with Crippen molar-refractivity contribution in [1.29, 1.82) is 0 Å². The van der Waals surface area contributed by atoms with Gasteiger partial charge in [0, 0.05) is 15.2 Å². The van der Waals surface area contributed by atoms with E-state index < -0.39 is 17.3 Å². The number of hydrogen-bond acceptors (Lipinski definition) is 2. The molecule has 0 aliphatic rings. The maximum atomic E-state index is 13.7. The van der Waals surface area contributed by atoms with Crippen LogP contribution in [0.4, 0.5) is 8.78 Å². The maximum Gasteiger partial charge on any atom is 0.344 e. The number of hydrogen-bond donors (Lipinski definition) is 0. The Balaban J connectivity index is 2.72. The molecule has 0 unspecified atom stereocenters. The minimum Gasteiger partial charge on any atom is -0.419 e. The summed E-state index contributed by atoms with van der Waals surface area (Å²) in [6.07, 6.45) is 0. The van der Waals surface area contributed by atoms with Crippen molar-refractivity contribution in [1.82, 2.24) is 0 Å². The molecule has 18 heavy (non-hydrogen) atoms. The van der Waals surface area contributed by atoms with Gasteiger partial charge in [0.25, 0.3) is 0 Å². The summed E-state index contributed by atoms with van der Waals surface area (Å²) in [4.78, 5) is 11.7. The number of rotatable bonds is 0. The Morgan fingerprint density at radius 2 is 1.78 bits per heavy atom. The zero-order valence-corrected chi connectivity index (χ0v) is 10.4. The van der Waals surface area contributed by atoms with Crippen molar-refractivity contribution in [3.05, 3.63) is 56.9 Å². The summed E-state index contributed by atoms with van der Waals surface area (Å²) in [6.45, 7) is 0. The van der Waals surface area contributed by atoms with E-state index in [-0.39, 0.29) is 5.58 Å². The largest absolute Gasteiger partial charge is 0.419 e. The van der Waals surface area contributed by atoms with E-state index in [1.54, 1.807) is 24.3 Å². The average Bonchev–Trinajstić information content (AvgIpc) is 2.36. The smallest absolute Gasteiger partial charge is 0.344 e. The van der Waals surface area contributed by atoms with E-state index in [4.69, 9.17) is 4.42 Å². The molecule has 0 spiro atoms. The highest BCUT2D eigenvalue weighted by Crippen LogP contribution is 2.32. The molecule has 3 aromatic rings. The van der Waals surface area contributed by atoms with Crippen LogP contribution in [-0.2, 0) is 0 Å². The number of halogens is 3. The molecule has 0 aliphatic heterocycles. The highest BCUT2D eigenvalue weighted by atomic mass is 79.9. The summed E-state index contributed by atoms with van der Waals surface area (Å²) in [5, 5.41) is 1.20. The zero-order chi connectivity index (χ0) is 12.9. The lowest BCUT2D eigenvalue weighted by molar-refractivity contribution is 0.480. The first-order valence-electron chi connectivity index (χ1n) is 5.08. The summed E-state index contributed by atoms with van der Waals surface area (Å²) in [5.74, 6) is -2.22. The average molecular weight is 311 g/mol. The van der Waals surface area contributed by atoms with E-state index in [1.807, 2.05) is 0 Å². The second kappa shape index (κ2) is 3.88. The Hall–Kier alpha value is -1.75. The fraction of sp³-hybridized carbons (Fsp3) is 0. The van der Waals surface area contributed by atoms with Gasteiger partial charge in [0.2, 0.25) is 5.82 Å². The van der Waals surface area contributed by atoms with E-state index in [0.29, 0.717) is 20.6 Å². The van der Waals surface area contributed by atoms with Crippen molar-refractivity contribution in [2.75, 3.05) is 0 Å². The molecule has 0 saturated heterocycles. The van der Waals surface area contributed by atoms with Crippen molar-refractivity contribution in [3.63, 3.8) is 0 Å². The van der Waals surface area contributed by atoms with Crippen LogP contribution in [0.25, 0.3) is 21.7 Å². The SMILES string of the molecule is O=c1oc2c(F)c(F)cc(Br)c2c2ccccc12. The van der Waals surface area contributed by atoms with E-state index in [9.17, 15) is 13.6 Å². The second-order valence-corrected chi connectivity index (χ2v) is 4.65. The molecule has 0 atom stereocenters. The fourth-order valence-electron chi connectivity index (χ4n) is 1.95. The summed E-state index contributed by atoms with van der Waals surface area (Å²) in [5.41, 5.74) is -1.06. The van der Waals surface area contributed by atoms with Crippen LogP contribution in [0.3, 0.4) is 0 Å². The fourth-order valence-corrected chi connectivity index (χ4v) is 2.54. The molecule has 0 radical (unpaired) electrons. The standard InChI is InChI=1S/C13H5BrF2O2/c14-8-5-9(15)11(16)12-10(8)6-3-1-2-4-7(6)13(17)18-12/h1-5H. The minimum absolute atomic E-state index is 0.330. The van der Waals surface area contributed by atoms with Gasteiger partial charge >= 0.3 is 5.63 Å². The predicted molar refractivity (Wildman–Crippen MR) is 67.6 cm³/mol. The zero-order valence-electron chi connectivity index (χ0n) is 8.84. The molecule has 5 heteroatoms. The van der Waals surface area contributed by atoms with E-state index in [2.05, 4.69) is 15.9 Å². The third-order valence-corrected chi connectivity index (χ3v) is 3.36. The summed E-state index contributed by atoms with van der Waals surface area (Å²) in [7, 11) is 0. The van der Waals surface area contributed by atoms with E-state index in [0.717, 1.165) is 6.07 Å². The van der Waals surface area contributed by atoms with E-state index in [1.165, 1.54) is 0 Å². The van der Waals surface area contributed by atoms with Crippen molar-refractivity contribution in [3.8, 4) is 0 Å². The molecule has 0 aliphatic carbocycles. The normalized spacial score (nSPS) is 11.3.